The van der Waals surface area contributed by atoms with Crippen LogP contribution in [0.2, 0.25) is 5.02 Å². The lowest BCUT2D eigenvalue weighted by atomic mass is 9.68. The highest BCUT2D eigenvalue weighted by molar-refractivity contribution is 6.30. The summed E-state index contributed by atoms with van der Waals surface area (Å²) in [5.41, 5.74) is 0.499. The number of hydrogen-bond acceptors (Lipinski definition) is 2. The van der Waals surface area contributed by atoms with E-state index in [1.807, 2.05) is 24.3 Å². The third-order valence-corrected chi connectivity index (χ3v) is 4.40. The molecular weight excluding hydrogens is 256 g/mol. The molecule has 2 nitrogen and oxygen atoms in total. The van der Waals surface area contributed by atoms with E-state index in [1.165, 1.54) is 6.42 Å². The molecule has 0 radical (unpaired) electrons. The molecule has 2 atom stereocenters. The van der Waals surface area contributed by atoms with Crippen LogP contribution in [0, 0.1) is 23.2 Å². The zero-order chi connectivity index (χ0) is 13.9. The van der Waals surface area contributed by atoms with Gasteiger partial charge in [-0.1, -0.05) is 44.4 Å². The Hall–Kier alpha value is -1.20. The SMILES string of the molecule is CC(C)C1CCCCC1(C#N)Nc1cccc(Cl)c1. The molecule has 1 fully saturated rings. The van der Waals surface area contributed by atoms with Crippen molar-refractivity contribution >= 4 is 17.3 Å². The highest BCUT2D eigenvalue weighted by atomic mass is 35.5. The van der Waals surface area contributed by atoms with Crippen LogP contribution in [0.1, 0.15) is 39.5 Å². The second kappa shape index (κ2) is 5.84. The van der Waals surface area contributed by atoms with Gasteiger partial charge in [0, 0.05) is 10.7 Å². The summed E-state index contributed by atoms with van der Waals surface area (Å²) in [5.74, 6) is 0.900. The molecule has 1 aliphatic carbocycles. The van der Waals surface area contributed by atoms with Crippen LogP contribution in [0.5, 0.6) is 0 Å². The summed E-state index contributed by atoms with van der Waals surface area (Å²) in [7, 11) is 0. The third-order valence-electron chi connectivity index (χ3n) is 4.17. The summed E-state index contributed by atoms with van der Waals surface area (Å²) >= 11 is 6.03. The van der Waals surface area contributed by atoms with Crippen molar-refractivity contribution in [2.24, 2.45) is 11.8 Å². The Morgan fingerprint density at radius 1 is 1.42 bits per heavy atom. The average molecular weight is 277 g/mol. The van der Waals surface area contributed by atoms with Crippen LogP contribution in [0.3, 0.4) is 0 Å². The summed E-state index contributed by atoms with van der Waals surface area (Å²) in [6.07, 6.45) is 4.38. The molecule has 0 amide bonds. The number of anilines is 1. The van der Waals surface area contributed by atoms with Crippen LogP contribution in [0.15, 0.2) is 24.3 Å². The molecule has 1 N–H and O–H groups in total. The van der Waals surface area contributed by atoms with Gasteiger partial charge in [0.1, 0.15) is 5.54 Å². The maximum atomic E-state index is 9.75. The van der Waals surface area contributed by atoms with Gasteiger partial charge in [-0.15, -0.1) is 0 Å². The van der Waals surface area contributed by atoms with E-state index in [0.717, 1.165) is 24.9 Å². The topological polar surface area (TPSA) is 35.8 Å². The van der Waals surface area contributed by atoms with Gasteiger partial charge in [0.05, 0.1) is 6.07 Å². The number of nitrogens with one attached hydrogen (secondary N) is 1. The monoisotopic (exact) mass is 276 g/mol. The second-order valence-corrected chi connectivity index (χ2v) is 6.25. The predicted molar refractivity (Wildman–Crippen MR) is 80.2 cm³/mol. The Bertz CT molecular complexity index is 478. The number of nitriles is 1. The van der Waals surface area contributed by atoms with Crippen molar-refractivity contribution in [3.63, 3.8) is 0 Å². The Labute approximate surface area is 120 Å². The van der Waals surface area contributed by atoms with Crippen molar-refractivity contribution < 1.29 is 0 Å². The lowest BCUT2D eigenvalue weighted by molar-refractivity contribution is 0.205. The first-order chi connectivity index (χ1) is 9.07. The average Bonchev–Trinajstić information content (AvgIpc) is 2.39. The molecule has 1 aromatic carbocycles. The van der Waals surface area contributed by atoms with Gasteiger partial charge >= 0.3 is 0 Å². The molecular formula is C16H21ClN2. The first kappa shape index (κ1) is 14.2. The summed E-state index contributed by atoms with van der Waals surface area (Å²) in [4.78, 5) is 0. The first-order valence-corrected chi connectivity index (χ1v) is 7.40. The van der Waals surface area contributed by atoms with Crippen LogP contribution < -0.4 is 5.32 Å². The molecule has 0 aliphatic heterocycles. The van der Waals surface area contributed by atoms with Crippen LogP contribution in [0.25, 0.3) is 0 Å². The molecule has 1 saturated carbocycles. The lowest BCUT2D eigenvalue weighted by Crippen LogP contribution is -2.48. The number of rotatable bonds is 3. The maximum Gasteiger partial charge on any atom is 0.128 e. The minimum absolute atomic E-state index is 0.394. The van der Waals surface area contributed by atoms with Crippen LogP contribution in [-0.4, -0.2) is 5.54 Å². The van der Waals surface area contributed by atoms with E-state index in [0.29, 0.717) is 16.9 Å². The van der Waals surface area contributed by atoms with Gasteiger partial charge in [0.2, 0.25) is 0 Å². The van der Waals surface area contributed by atoms with Crippen LogP contribution in [0.4, 0.5) is 5.69 Å². The minimum atomic E-state index is -0.447. The molecule has 2 rings (SSSR count). The standard InChI is InChI=1S/C16H21ClN2/c1-12(2)15-8-3-4-9-16(15,11-18)19-14-7-5-6-13(17)10-14/h5-7,10,12,15,19H,3-4,8-9H2,1-2H3. The maximum absolute atomic E-state index is 9.75. The smallest absolute Gasteiger partial charge is 0.128 e. The summed E-state index contributed by atoms with van der Waals surface area (Å²) in [6, 6.07) is 10.2. The molecule has 2 unspecified atom stereocenters. The van der Waals surface area contributed by atoms with E-state index in [-0.39, 0.29) is 0 Å². The molecule has 0 bridgehead atoms. The van der Waals surface area contributed by atoms with E-state index in [2.05, 4.69) is 25.2 Å². The molecule has 102 valence electrons. The number of nitrogens with zero attached hydrogens (tertiary/aromatic N) is 1. The van der Waals surface area contributed by atoms with E-state index in [4.69, 9.17) is 11.6 Å². The molecule has 3 heteroatoms. The van der Waals surface area contributed by atoms with Gasteiger partial charge in [0.15, 0.2) is 0 Å². The zero-order valence-corrected chi connectivity index (χ0v) is 12.4. The van der Waals surface area contributed by atoms with E-state index >= 15 is 0 Å². The third kappa shape index (κ3) is 3.04. The Kier molecular flexibility index (Phi) is 4.37. The lowest BCUT2D eigenvalue weighted by Gasteiger charge is -2.42. The Balaban J connectivity index is 2.28. The Morgan fingerprint density at radius 3 is 2.84 bits per heavy atom. The number of benzene rings is 1. The van der Waals surface area contributed by atoms with E-state index in [9.17, 15) is 5.26 Å². The molecule has 0 heterocycles. The fourth-order valence-electron chi connectivity index (χ4n) is 3.25. The van der Waals surface area contributed by atoms with Gasteiger partial charge in [0.25, 0.3) is 0 Å². The predicted octanol–water partition coefficient (Wildman–Crippen LogP) is 4.86. The Morgan fingerprint density at radius 2 is 2.21 bits per heavy atom. The molecule has 0 aromatic heterocycles. The molecule has 1 aliphatic rings. The fourth-order valence-corrected chi connectivity index (χ4v) is 3.44. The fraction of sp³-hybridized carbons (Fsp3) is 0.562. The minimum Gasteiger partial charge on any atom is -0.367 e. The van der Waals surface area contributed by atoms with Crippen molar-refractivity contribution in [2.75, 3.05) is 5.32 Å². The normalized spacial score (nSPS) is 27.0. The van der Waals surface area contributed by atoms with Gasteiger partial charge < -0.3 is 5.32 Å². The molecule has 0 spiro atoms. The van der Waals surface area contributed by atoms with Crippen molar-refractivity contribution in [1.82, 2.24) is 0 Å². The quantitative estimate of drug-likeness (QED) is 0.856. The first-order valence-electron chi connectivity index (χ1n) is 7.02. The number of hydrogen-bond donors (Lipinski definition) is 1. The summed E-state index contributed by atoms with van der Waals surface area (Å²) in [5, 5.41) is 13.9. The van der Waals surface area contributed by atoms with Crippen molar-refractivity contribution in [3.05, 3.63) is 29.3 Å². The molecule has 19 heavy (non-hydrogen) atoms. The summed E-state index contributed by atoms with van der Waals surface area (Å²) < 4.78 is 0. The molecule has 1 aromatic rings. The van der Waals surface area contributed by atoms with Gasteiger partial charge in [-0.3, -0.25) is 0 Å². The van der Waals surface area contributed by atoms with E-state index in [1.54, 1.807) is 0 Å². The number of halogens is 1. The van der Waals surface area contributed by atoms with Crippen molar-refractivity contribution in [2.45, 2.75) is 45.1 Å². The highest BCUT2D eigenvalue weighted by Gasteiger charge is 2.42. The van der Waals surface area contributed by atoms with Gasteiger partial charge in [-0.25, -0.2) is 0 Å². The van der Waals surface area contributed by atoms with Crippen molar-refractivity contribution in [1.29, 1.82) is 5.26 Å². The van der Waals surface area contributed by atoms with Crippen LogP contribution >= 0.6 is 11.6 Å². The van der Waals surface area contributed by atoms with Crippen LogP contribution in [-0.2, 0) is 0 Å². The highest BCUT2D eigenvalue weighted by Crippen LogP contribution is 2.40. The largest absolute Gasteiger partial charge is 0.367 e. The molecule has 0 saturated heterocycles. The van der Waals surface area contributed by atoms with Gasteiger partial charge in [-0.2, -0.15) is 5.26 Å². The van der Waals surface area contributed by atoms with Crippen molar-refractivity contribution in [3.8, 4) is 6.07 Å². The second-order valence-electron chi connectivity index (χ2n) is 5.81. The van der Waals surface area contributed by atoms with E-state index < -0.39 is 5.54 Å². The summed E-state index contributed by atoms with van der Waals surface area (Å²) in [6.45, 7) is 4.42. The zero-order valence-electron chi connectivity index (χ0n) is 11.6. The van der Waals surface area contributed by atoms with Gasteiger partial charge in [-0.05, 0) is 42.9 Å².